The van der Waals surface area contributed by atoms with Gasteiger partial charge in [0.1, 0.15) is 0 Å². The number of aryl methyl sites for hydroxylation is 1. The summed E-state index contributed by atoms with van der Waals surface area (Å²) >= 11 is 1.70. The van der Waals surface area contributed by atoms with Crippen LogP contribution in [-0.4, -0.2) is 52.8 Å². The van der Waals surface area contributed by atoms with Crippen LogP contribution in [0.1, 0.15) is 12.8 Å². The number of aromatic nitrogens is 4. The van der Waals surface area contributed by atoms with Crippen molar-refractivity contribution < 1.29 is 4.74 Å². The summed E-state index contributed by atoms with van der Waals surface area (Å²) in [6, 6.07) is 0. The molecule has 0 aliphatic carbocycles. The number of unbranched alkanes of at least 4 members (excludes halogenated alkanes) is 1. The highest BCUT2D eigenvalue weighted by molar-refractivity contribution is 7.99. The number of tetrazole rings is 1. The molecule has 92 valence electrons. The third-order valence-corrected chi connectivity index (χ3v) is 3.14. The Morgan fingerprint density at radius 3 is 2.94 bits per heavy atom. The van der Waals surface area contributed by atoms with Crippen molar-refractivity contribution in [3.8, 4) is 0 Å². The predicted molar refractivity (Wildman–Crippen MR) is 63.5 cm³/mol. The van der Waals surface area contributed by atoms with Crippen LogP contribution in [0.2, 0.25) is 0 Å². The van der Waals surface area contributed by atoms with Crippen molar-refractivity contribution in [2.75, 3.05) is 32.6 Å². The first-order chi connectivity index (χ1) is 7.84. The van der Waals surface area contributed by atoms with E-state index in [1.165, 1.54) is 6.42 Å². The number of nitrogens with one attached hydrogen (secondary N) is 1. The fourth-order valence-electron chi connectivity index (χ4n) is 1.16. The van der Waals surface area contributed by atoms with Gasteiger partial charge in [-0.25, -0.2) is 4.68 Å². The van der Waals surface area contributed by atoms with Crippen LogP contribution in [0.15, 0.2) is 5.16 Å². The van der Waals surface area contributed by atoms with Crippen molar-refractivity contribution in [2.45, 2.75) is 18.0 Å². The molecular formula is C9H19N5OS. The van der Waals surface area contributed by atoms with E-state index in [-0.39, 0.29) is 0 Å². The molecule has 1 aromatic rings. The summed E-state index contributed by atoms with van der Waals surface area (Å²) in [5.41, 5.74) is 0. The summed E-state index contributed by atoms with van der Waals surface area (Å²) < 4.78 is 6.64. The van der Waals surface area contributed by atoms with Crippen molar-refractivity contribution in [2.24, 2.45) is 7.05 Å². The van der Waals surface area contributed by atoms with E-state index in [1.54, 1.807) is 23.6 Å². The van der Waals surface area contributed by atoms with Gasteiger partial charge in [0, 0.05) is 26.5 Å². The molecule has 0 radical (unpaired) electrons. The summed E-state index contributed by atoms with van der Waals surface area (Å²) in [7, 11) is 3.57. The molecule has 16 heavy (non-hydrogen) atoms. The van der Waals surface area contributed by atoms with E-state index in [0.717, 1.165) is 37.0 Å². The minimum absolute atomic E-state index is 0.777. The Morgan fingerprint density at radius 2 is 2.25 bits per heavy atom. The van der Waals surface area contributed by atoms with E-state index < -0.39 is 0 Å². The molecule has 0 aromatic carbocycles. The Kier molecular flexibility index (Phi) is 7.11. The minimum Gasteiger partial charge on any atom is -0.383 e. The molecule has 6 nitrogen and oxygen atoms in total. The maximum Gasteiger partial charge on any atom is 0.209 e. The van der Waals surface area contributed by atoms with Gasteiger partial charge >= 0.3 is 0 Å². The van der Waals surface area contributed by atoms with Gasteiger partial charge in [0.05, 0.1) is 6.61 Å². The van der Waals surface area contributed by atoms with E-state index >= 15 is 0 Å². The lowest BCUT2D eigenvalue weighted by Gasteiger charge is -2.03. The van der Waals surface area contributed by atoms with Gasteiger partial charge in [-0.2, -0.15) is 0 Å². The molecule has 0 atom stereocenters. The molecule has 0 spiro atoms. The van der Waals surface area contributed by atoms with E-state index in [1.807, 2.05) is 7.05 Å². The first-order valence-corrected chi connectivity index (χ1v) is 6.38. The summed E-state index contributed by atoms with van der Waals surface area (Å²) in [6.45, 7) is 2.75. The lowest BCUT2D eigenvalue weighted by Crippen LogP contribution is -2.20. The number of thioether (sulfide) groups is 1. The summed E-state index contributed by atoms with van der Waals surface area (Å²) in [6.07, 6.45) is 2.33. The van der Waals surface area contributed by atoms with E-state index in [2.05, 4.69) is 20.8 Å². The van der Waals surface area contributed by atoms with Crippen LogP contribution in [0.5, 0.6) is 0 Å². The zero-order valence-corrected chi connectivity index (χ0v) is 10.7. The second-order valence-corrected chi connectivity index (χ2v) is 4.45. The molecule has 0 saturated carbocycles. The largest absolute Gasteiger partial charge is 0.383 e. The molecule has 0 amide bonds. The SMILES string of the molecule is COCCNCCCCSc1nnnn1C. The van der Waals surface area contributed by atoms with Gasteiger partial charge in [0.25, 0.3) is 0 Å². The van der Waals surface area contributed by atoms with Gasteiger partial charge in [-0.05, 0) is 29.8 Å². The highest BCUT2D eigenvalue weighted by Gasteiger charge is 2.01. The lowest BCUT2D eigenvalue weighted by molar-refractivity contribution is 0.199. The number of hydrogen-bond donors (Lipinski definition) is 1. The summed E-state index contributed by atoms with van der Waals surface area (Å²) in [4.78, 5) is 0. The lowest BCUT2D eigenvalue weighted by atomic mass is 10.3. The Morgan fingerprint density at radius 1 is 1.38 bits per heavy atom. The van der Waals surface area contributed by atoms with Crippen LogP contribution >= 0.6 is 11.8 Å². The number of hydrogen-bond acceptors (Lipinski definition) is 6. The highest BCUT2D eigenvalue weighted by Crippen LogP contribution is 2.13. The Bertz CT molecular complexity index is 281. The molecule has 0 aliphatic rings. The second kappa shape index (κ2) is 8.49. The smallest absolute Gasteiger partial charge is 0.209 e. The Balaban J connectivity index is 1.91. The molecule has 1 aromatic heterocycles. The van der Waals surface area contributed by atoms with Crippen LogP contribution in [-0.2, 0) is 11.8 Å². The number of methoxy groups -OCH3 is 1. The fourth-order valence-corrected chi connectivity index (χ4v) is 2.01. The maximum atomic E-state index is 4.94. The molecule has 0 aliphatic heterocycles. The molecule has 0 bridgehead atoms. The fraction of sp³-hybridized carbons (Fsp3) is 0.889. The average molecular weight is 245 g/mol. The number of rotatable bonds is 9. The first-order valence-electron chi connectivity index (χ1n) is 5.39. The quantitative estimate of drug-likeness (QED) is 0.499. The molecule has 1 rings (SSSR count). The van der Waals surface area contributed by atoms with Crippen LogP contribution in [0.25, 0.3) is 0 Å². The van der Waals surface area contributed by atoms with Gasteiger partial charge in [-0.3, -0.25) is 0 Å². The van der Waals surface area contributed by atoms with Gasteiger partial charge < -0.3 is 10.1 Å². The second-order valence-electron chi connectivity index (χ2n) is 3.38. The van der Waals surface area contributed by atoms with Crippen molar-refractivity contribution in [3.63, 3.8) is 0 Å². The first kappa shape index (κ1) is 13.4. The maximum absolute atomic E-state index is 4.94. The van der Waals surface area contributed by atoms with Crippen LogP contribution in [0.3, 0.4) is 0 Å². The summed E-state index contributed by atoms with van der Waals surface area (Å²) in [5.74, 6) is 1.06. The number of nitrogens with zero attached hydrogens (tertiary/aromatic N) is 4. The predicted octanol–water partition coefficient (Wildman–Crippen LogP) is 0.318. The Labute approximate surface area is 100 Å². The Hall–Kier alpha value is -0.660. The number of ether oxygens (including phenoxy) is 1. The van der Waals surface area contributed by atoms with Crippen molar-refractivity contribution in [1.82, 2.24) is 25.5 Å². The normalized spacial score (nSPS) is 10.9. The molecule has 0 unspecified atom stereocenters. The zero-order chi connectivity index (χ0) is 11.6. The minimum atomic E-state index is 0.777. The third kappa shape index (κ3) is 5.43. The van der Waals surface area contributed by atoms with Crippen LogP contribution < -0.4 is 5.32 Å². The zero-order valence-electron chi connectivity index (χ0n) is 9.85. The highest BCUT2D eigenvalue weighted by atomic mass is 32.2. The van der Waals surface area contributed by atoms with E-state index in [9.17, 15) is 0 Å². The standard InChI is InChI=1S/C9H19N5OS/c1-14-9(11-12-13-14)16-8-4-3-5-10-6-7-15-2/h10H,3-8H2,1-2H3. The van der Waals surface area contributed by atoms with Crippen LogP contribution in [0.4, 0.5) is 0 Å². The van der Waals surface area contributed by atoms with Gasteiger partial charge in [-0.15, -0.1) is 5.10 Å². The van der Waals surface area contributed by atoms with Crippen molar-refractivity contribution >= 4 is 11.8 Å². The van der Waals surface area contributed by atoms with Gasteiger partial charge in [0.2, 0.25) is 5.16 Å². The van der Waals surface area contributed by atoms with Crippen molar-refractivity contribution in [3.05, 3.63) is 0 Å². The van der Waals surface area contributed by atoms with E-state index in [0.29, 0.717) is 0 Å². The van der Waals surface area contributed by atoms with Crippen molar-refractivity contribution in [1.29, 1.82) is 0 Å². The molecular weight excluding hydrogens is 226 g/mol. The van der Waals surface area contributed by atoms with Gasteiger partial charge in [-0.1, -0.05) is 11.8 Å². The average Bonchev–Trinajstić information content (AvgIpc) is 2.68. The van der Waals surface area contributed by atoms with Crippen LogP contribution in [0, 0.1) is 0 Å². The van der Waals surface area contributed by atoms with E-state index in [4.69, 9.17) is 4.74 Å². The molecule has 7 heteroatoms. The molecule has 0 fully saturated rings. The summed E-state index contributed by atoms with van der Waals surface area (Å²) in [5, 5.41) is 15.5. The molecule has 1 heterocycles. The third-order valence-electron chi connectivity index (χ3n) is 2.04. The molecule has 1 N–H and O–H groups in total. The monoisotopic (exact) mass is 245 g/mol. The van der Waals surface area contributed by atoms with Gasteiger partial charge in [0.15, 0.2) is 0 Å². The molecule has 0 saturated heterocycles. The topological polar surface area (TPSA) is 64.9 Å².